The Morgan fingerprint density at radius 1 is 0.879 bits per heavy atom. The van der Waals surface area contributed by atoms with Crippen LogP contribution in [0, 0.1) is 13.8 Å². The molecule has 0 radical (unpaired) electrons. The van der Waals surface area contributed by atoms with Crippen molar-refractivity contribution in [2.75, 3.05) is 4.90 Å². The molecule has 0 heterocycles. The summed E-state index contributed by atoms with van der Waals surface area (Å²) in [5, 5.41) is 11.3. The summed E-state index contributed by atoms with van der Waals surface area (Å²) in [5.74, 6) is -3.33. The topological polar surface area (TPSA) is 69.7 Å². The number of alkyl halides is 3. The first-order chi connectivity index (χ1) is 15.0. The van der Waals surface area contributed by atoms with Gasteiger partial charge in [0.25, 0.3) is 5.91 Å². The summed E-state index contributed by atoms with van der Waals surface area (Å²) in [5.41, 5.74) is 4.36. The van der Waals surface area contributed by atoms with Gasteiger partial charge in [-0.25, -0.2) is 0 Å². The van der Waals surface area contributed by atoms with Gasteiger partial charge < -0.3 is 19.5 Å². The van der Waals surface area contributed by atoms with Crippen LogP contribution in [0.25, 0.3) is 11.1 Å². The van der Waals surface area contributed by atoms with Gasteiger partial charge in [0.2, 0.25) is 0 Å². The Kier molecular flexibility index (Phi) is 8.71. The molecule has 0 aliphatic heterocycles. The third-order valence-corrected chi connectivity index (χ3v) is 4.64. The van der Waals surface area contributed by atoms with Crippen LogP contribution in [-0.4, -0.2) is 18.2 Å². The fraction of sp³-hybridized carbons (Fsp3) is 0.167. The van der Waals surface area contributed by atoms with E-state index >= 15 is 0 Å². The number of carbonyl (C=O) groups excluding carboxylic acids is 2. The molecule has 0 unspecified atom stereocenters. The molecule has 9 heteroatoms. The zero-order chi connectivity index (χ0) is 23.5. The summed E-state index contributed by atoms with van der Waals surface area (Å²) in [4.78, 5) is 24.7. The minimum Gasteiger partial charge on any atom is -0.540 e. The van der Waals surface area contributed by atoms with Crippen LogP contribution >= 0.6 is 0 Å². The van der Waals surface area contributed by atoms with Crippen LogP contribution in [-0.2, 0) is 16.1 Å². The number of hydrogen-bond acceptors (Lipinski definition) is 4. The number of aryl methyl sites for hydroxylation is 2. The molecule has 0 saturated carbocycles. The third-order valence-electron chi connectivity index (χ3n) is 4.64. The number of amides is 1. The summed E-state index contributed by atoms with van der Waals surface area (Å²) in [6.45, 7) is 3.85. The summed E-state index contributed by atoms with van der Waals surface area (Å²) in [6, 6.07) is 17.4. The Bertz CT molecular complexity index is 1110. The molecule has 0 spiro atoms. The summed E-state index contributed by atoms with van der Waals surface area (Å²) in [7, 11) is 0. The Hall–Kier alpha value is -2.81. The molecule has 0 aromatic heterocycles. The average Bonchev–Trinajstić information content (AvgIpc) is 2.70. The Morgan fingerprint density at radius 3 is 1.82 bits per heavy atom. The van der Waals surface area contributed by atoms with Crippen molar-refractivity contribution in [3.63, 3.8) is 0 Å². The van der Waals surface area contributed by atoms with E-state index in [1.807, 2.05) is 32.0 Å². The monoisotopic (exact) mass is 465 g/mol. The van der Waals surface area contributed by atoms with E-state index in [0.717, 1.165) is 21.6 Å². The molecule has 0 atom stereocenters. The second-order valence-corrected chi connectivity index (χ2v) is 7.29. The number of halogens is 3. The van der Waals surface area contributed by atoms with Crippen LogP contribution in [0.5, 0.6) is 5.75 Å². The average molecular weight is 465 g/mol. The number of anilines is 1. The molecule has 5 nitrogen and oxygen atoms in total. The van der Waals surface area contributed by atoms with E-state index in [4.69, 9.17) is 0 Å². The van der Waals surface area contributed by atoms with E-state index in [1.165, 1.54) is 24.3 Å². The van der Waals surface area contributed by atoms with Crippen molar-refractivity contribution in [3.05, 3.63) is 83.4 Å². The second kappa shape index (κ2) is 10.9. The number of aliphatic carboxylic acids is 1. The van der Waals surface area contributed by atoms with Gasteiger partial charge in [-0.05, 0) is 54.8 Å². The zero-order valence-corrected chi connectivity index (χ0v) is 20.3. The van der Waals surface area contributed by atoms with Crippen molar-refractivity contribution in [3.8, 4) is 16.9 Å². The number of carboxylic acid groups (broad SMARTS) is 1. The Labute approximate surface area is 211 Å². The number of nitrogens with zero attached hydrogens (tertiary/aromatic N) is 1. The molecule has 0 bridgehead atoms. The molecule has 1 amide bonds. The number of ether oxygens (including phenoxy) is 1. The van der Waals surface area contributed by atoms with Crippen molar-refractivity contribution < 1.29 is 62.2 Å². The van der Waals surface area contributed by atoms with E-state index in [9.17, 15) is 27.9 Å². The van der Waals surface area contributed by atoms with Gasteiger partial charge in [-0.1, -0.05) is 53.6 Å². The minimum atomic E-state index is -4.77. The van der Waals surface area contributed by atoms with Gasteiger partial charge in [-0.2, -0.15) is 0 Å². The molecule has 0 aliphatic rings. The molecule has 3 aromatic carbocycles. The van der Waals surface area contributed by atoms with Gasteiger partial charge in [0.1, 0.15) is 11.7 Å². The molecule has 0 fully saturated rings. The van der Waals surface area contributed by atoms with E-state index in [2.05, 4.69) is 4.74 Å². The number of carboxylic acids is 1. The van der Waals surface area contributed by atoms with Gasteiger partial charge in [-0.3, -0.25) is 4.79 Å². The first kappa shape index (κ1) is 26.4. The molecular formula is C24H19F3NNaO4. The van der Waals surface area contributed by atoms with Crippen LogP contribution in [0.1, 0.15) is 16.7 Å². The van der Waals surface area contributed by atoms with Crippen LogP contribution in [0.15, 0.2) is 66.7 Å². The Morgan fingerprint density at radius 2 is 1.36 bits per heavy atom. The number of hydrogen-bond donors (Lipinski definition) is 0. The fourth-order valence-electron chi connectivity index (χ4n) is 3.42. The van der Waals surface area contributed by atoms with Crippen LogP contribution in [0.3, 0.4) is 0 Å². The maximum Gasteiger partial charge on any atom is 1.00 e. The maximum absolute atomic E-state index is 12.3. The SMILES string of the molecule is Cc1cc(C)cc(CN(C(=O)C(=O)[O-])c2ccc(-c3ccc(OC(F)(F)F)cc3)cc2)c1.[Na+]. The van der Waals surface area contributed by atoms with Gasteiger partial charge in [0.05, 0.1) is 6.54 Å². The van der Waals surface area contributed by atoms with E-state index < -0.39 is 18.2 Å². The summed E-state index contributed by atoms with van der Waals surface area (Å²) in [6.07, 6.45) is -4.77. The minimum absolute atomic E-state index is 0. The fourth-order valence-corrected chi connectivity index (χ4v) is 3.42. The third kappa shape index (κ3) is 7.35. The largest absolute Gasteiger partial charge is 1.00 e. The summed E-state index contributed by atoms with van der Waals surface area (Å²) < 4.78 is 40.8. The van der Waals surface area contributed by atoms with Crippen LogP contribution < -0.4 is 44.3 Å². The summed E-state index contributed by atoms with van der Waals surface area (Å²) >= 11 is 0. The van der Waals surface area contributed by atoms with Gasteiger partial charge in [0.15, 0.2) is 0 Å². The number of carbonyl (C=O) groups is 2. The standard InChI is InChI=1S/C24H20F3NO4.Na/c1-15-11-16(2)13-17(12-15)14-28(22(29)23(30)31)20-7-3-18(4-8-20)19-5-9-21(10-6-19)32-24(25,26)27;/h3-13H,14H2,1-2H3,(H,30,31);/q;+1/p-1. The van der Waals surface area contributed by atoms with Gasteiger partial charge in [0, 0.05) is 5.69 Å². The van der Waals surface area contributed by atoms with Crippen LogP contribution in [0.4, 0.5) is 18.9 Å². The van der Waals surface area contributed by atoms with Crippen molar-refractivity contribution >= 4 is 17.6 Å². The molecule has 33 heavy (non-hydrogen) atoms. The van der Waals surface area contributed by atoms with E-state index in [0.29, 0.717) is 16.8 Å². The van der Waals surface area contributed by atoms with Gasteiger partial charge >= 0.3 is 35.9 Å². The van der Waals surface area contributed by atoms with E-state index in [1.54, 1.807) is 24.3 Å². The maximum atomic E-state index is 12.3. The molecule has 166 valence electrons. The first-order valence-electron chi connectivity index (χ1n) is 9.58. The predicted octanol–water partition coefficient (Wildman–Crippen LogP) is 1.16. The van der Waals surface area contributed by atoms with Crippen molar-refractivity contribution in [2.24, 2.45) is 0 Å². The predicted molar refractivity (Wildman–Crippen MR) is 111 cm³/mol. The first-order valence-corrected chi connectivity index (χ1v) is 9.58. The number of benzene rings is 3. The van der Waals surface area contributed by atoms with Crippen LogP contribution in [0.2, 0.25) is 0 Å². The smallest absolute Gasteiger partial charge is 0.540 e. The van der Waals surface area contributed by atoms with Crippen molar-refractivity contribution in [2.45, 2.75) is 26.8 Å². The zero-order valence-electron chi connectivity index (χ0n) is 18.3. The number of rotatable bonds is 5. The molecule has 0 saturated heterocycles. The Balaban J connectivity index is 0.00000385. The van der Waals surface area contributed by atoms with E-state index in [-0.39, 0.29) is 41.9 Å². The normalized spacial score (nSPS) is 10.8. The molecule has 0 aliphatic carbocycles. The molecule has 0 N–H and O–H groups in total. The molecule has 3 rings (SSSR count). The van der Waals surface area contributed by atoms with Gasteiger partial charge in [-0.15, -0.1) is 13.2 Å². The quantitative estimate of drug-likeness (QED) is 0.419. The molecule has 3 aromatic rings. The second-order valence-electron chi connectivity index (χ2n) is 7.29. The van der Waals surface area contributed by atoms with Crippen molar-refractivity contribution in [1.82, 2.24) is 0 Å². The molecular weight excluding hydrogens is 446 g/mol. The van der Waals surface area contributed by atoms with Crippen molar-refractivity contribution in [1.29, 1.82) is 0 Å².